The first-order valence-electron chi connectivity index (χ1n) is 4.09. The van der Waals surface area contributed by atoms with Gasteiger partial charge in [0.05, 0.1) is 7.11 Å². The van der Waals surface area contributed by atoms with Crippen LogP contribution in [0, 0.1) is 0 Å². The quantitative estimate of drug-likeness (QED) is 0.832. The highest BCUT2D eigenvalue weighted by molar-refractivity contribution is 9.10. The number of hydrogen-bond acceptors (Lipinski definition) is 3. The van der Waals surface area contributed by atoms with Crippen molar-refractivity contribution >= 4 is 21.9 Å². The number of pyridine rings is 1. The standard InChI is InChI=1S/C7H6BrNO3.C2H6/c1-12-5-3-2-4(7(10)11)9-6(5)8;1-2/h2-3H,1H3,(H,10,11);1-2H3. The second-order valence-corrected chi connectivity index (χ2v) is 2.75. The van der Waals surface area contributed by atoms with Gasteiger partial charge in [-0.1, -0.05) is 13.8 Å². The van der Waals surface area contributed by atoms with Crippen molar-refractivity contribution in [1.82, 2.24) is 4.98 Å². The van der Waals surface area contributed by atoms with Crippen LogP contribution in [0.25, 0.3) is 0 Å². The number of carboxylic acid groups (broad SMARTS) is 1. The largest absolute Gasteiger partial charge is 0.494 e. The molecule has 0 spiro atoms. The van der Waals surface area contributed by atoms with E-state index in [0.29, 0.717) is 10.4 Å². The van der Waals surface area contributed by atoms with E-state index in [2.05, 4.69) is 20.9 Å². The number of nitrogens with zero attached hydrogens (tertiary/aromatic N) is 1. The molecule has 1 aromatic rings. The fraction of sp³-hybridized carbons (Fsp3) is 0.333. The lowest BCUT2D eigenvalue weighted by Crippen LogP contribution is -2.00. The summed E-state index contributed by atoms with van der Waals surface area (Å²) in [6.45, 7) is 4.00. The molecule has 78 valence electrons. The highest BCUT2D eigenvalue weighted by Gasteiger charge is 2.07. The van der Waals surface area contributed by atoms with E-state index < -0.39 is 5.97 Å². The minimum Gasteiger partial charge on any atom is -0.494 e. The van der Waals surface area contributed by atoms with Crippen molar-refractivity contribution in [3.05, 3.63) is 22.4 Å². The Balaban J connectivity index is 0.000000791. The molecule has 4 nitrogen and oxygen atoms in total. The summed E-state index contributed by atoms with van der Waals surface area (Å²) < 4.78 is 5.27. The lowest BCUT2D eigenvalue weighted by molar-refractivity contribution is 0.0690. The van der Waals surface area contributed by atoms with Gasteiger partial charge in [0, 0.05) is 0 Å². The van der Waals surface area contributed by atoms with Crippen LogP contribution < -0.4 is 4.74 Å². The van der Waals surface area contributed by atoms with E-state index in [4.69, 9.17) is 9.84 Å². The Morgan fingerprint density at radius 3 is 2.43 bits per heavy atom. The molecule has 1 heterocycles. The van der Waals surface area contributed by atoms with E-state index in [-0.39, 0.29) is 5.69 Å². The van der Waals surface area contributed by atoms with Crippen LogP contribution >= 0.6 is 15.9 Å². The average Bonchev–Trinajstić information content (AvgIpc) is 2.20. The summed E-state index contributed by atoms with van der Waals surface area (Å²) in [5, 5.41) is 8.55. The summed E-state index contributed by atoms with van der Waals surface area (Å²) in [4.78, 5) is 14.2. The monoisotopic (exact) mass is 261 g/mol. The molecule has 0 radical (unpaired) electrons. The van der Waals surface area contributed by atoms with Crippen molar-refractivity contribution in [3.63, 3.8) is 0 Å². The molecular weight excluding hydrogens is 250 g/mol. The molecule has 1 rings (SSSR count). The first-order valence-corrected chi connectivity index (χ1v) is 4.88. The summed E-state index contributed by atoms with van der Waals surface area (Å²) in [5.74, 6) is -0.543. The number of ether oxygens (including phenoxy) is 1. The van der Waals surface area contributed by atoms with Gasteiger partial charge in [0.15, 0.2) is 5.75 Å². The topological polar surface area (TPSA) is 59.4 Å². The second kappa shape index (κ2) is 6.37. The number of hydrogen-bond donors (Lipinski definition) is 1. The number of carboxylic acids is 1. The highest BCUT2D eigenvalue weighted by Crippen LogP contribution is 2.21. The van der Waals surface area contributed by atoms with Gasteiger partial charge in [-0.2, -0.15) is 0 Å². The van der Waals surface area contributed by atoms with Gasteiger partial charge in [-0.25, -0.2) is 9.78 Å². The van der Waals surface area contributed by atoms with Crippen LogP contribution in [-0.4, -0.2) is 23.2 Å². The van der Waals surface area contributed by atoms with E-state index in [1.54, 1.807) is 6.07 Å². The summed E-state index contributed by atoms with van der Waals surface area (Å²) >= 11 is 3.08. The van der Waals surface area contributed by atoms with Crippen LogP contribution in [0.5, 0.6) is 5.75 Å². The molecule has 0 aliphatic rings. The summed E-state index contributed by atoms with van der Waals surface area (Å²) in [7, 11) is 1.49. The number of aromatic carboxylic acids is 1. The van der Waals surface area contributed by atoms with Gasteiger partial charge in [0.2, 0.25) is 0 Å². The fourth-order valence-electron chi connectivity index (χ4n) is 0.693. The lowest BCUT2D eigenvalue weighted by atomic mass is 10.3. The van der Waals surface area contributed by atoms with E-state index in [9.17, 15) is 4.79 Å². The van der Waals surface area contributed by atoms with E-state index in [0.717, 1.165) is 0 Å². The highest BCUT2D eigenvalue weighted by atomic mass is 79.9. The van der Waals surface area contributed by atoms with E-state index in [1.165, 1.54) is 13.2 Å². The van der Waals surface area contributed by atoms with E-state index in [1.807, 2.05) is 13.8 Å². The van der Waals surface area contributed by atoms with Crippen molar-refractivity contribution < 1.29 is 14.6 Å². The molecule has 0 atom stereocenters. The maximum absolute atomic E-state index is 10.4. The Kier molecular flexibility index (Phi) is 5.87. The van der Waals surface area contributed by atoms with Crippen LogP contribution in [0.15, 0.2) is 16.7 Å². The van der Waals surface area contributed by atoms with Crippen molar-refractivity contribution in [1.29, 1.82) is 0 Å². The molecule has 0 aliphatic carbocycles. The minimum absolute atomic E-state index is 0.0114. The van der Waals surface area contributed by atoms with Crippen LogP contribution in [-0.2, 0) is 0 Å². The molecule has 0 saturated carbocycles. The number of methoxy groups -OCH3 is 1. The molecule has 1 N–H and O–H groups in total. The first kappa shape index (κ1) is 12.9. The van der Waals surface area contributed by atoms with Crippen LogP contribution in [0.3, 0.4) is 0 Å². The molecule has 1 aromatic heterocycles. The third-order valence-corrected chi connectivity index (χ3v) is 1.82. The summed E-state index contributed by atoms with van der Waals surface area (Å²) in [6, 6.07) is 2.92. The van der Waals surface area contributed by atoms with E-state index >= 15 is 0 Å². The molecule has 0 fully saturated rings. The molecule has 0 aliphatic heterocycles. The molecule has 0 bridgehead atoms. The Morgan fingerprint density at radius 2 is 2.07 bits per heavy atom. The van der Waals surface area contributed by atoms with Crippen LogP contribution in [0.1, 0.15) is 24.3 Å². The summed E-state index contributed by atoms with van der Waals surface area (Å²) in [6.07, 6.45) is 0. The van der Waals surface area contributed by atoms with Crippen molar-refractivity contribution in [3.8, 4) is 5.75 Å². The second-order valence-electron chi connectivity index (χ2n) is 1.99. The zero-order valence-electron chi connectivity index (χ0n) is 8.24. The Morgan fingerprint density at radius 1 is 1.50 bits per heavy atom. The molecule has 0 aromatic carbocycles. The van der Waals surface area contributed by atoms with Crippen LogP contribution in [0.2, 0.25) is 0 Å². The first-order chi connectivity index (χ1) is 6.65. The van der Waals surface area contributed by atoms with Crippen molar-refractivity contribution in [2.45, 2.75) is 13.8 Å². The zero-order valence-corrected chi connectivity index (χ0v) is 9.83. The Bertz CT molecular complexity index is 315. The molecular formula is C9H12BrNO3. The predicted molar refractivity (Wildman–Crippen MR) is 56.8 cm³/mol. The molecule has 5 heteroatoms. The van der Waals surface area contributed by atoms with Gasteiger partial charge < -0.3 is 9.84 Å². The van der Waals surface area contributed by atoms with Crippen LogP contribution in [0.4, 0.5) is 0 Å². The SMILES string of the molecule is CC.COc1ccc(C(=O)O)nc1Br. The molecule has 0 saturated heterocycles. The Labute approximate surface area is 91.1 Å². The third-order valence-electron chi connectivity index (χ3n) is 1.25. The average molecular weight is 262 g/mol. The number of halogens is 1. The van der Waals surface area contributed by atoms with Gasteiger partial charge in [0.1, 0.15) is 10.3 Å². The fourth-order valence-corrected chi connectivity index (χ4v) is 1.18. The van der Waals surface area contributed by atoms with Gasteiger partial charge in [-0.3, -0.25) is 0 Å². The number of aromatic nitrogens is 1. The molecule has 0 amide bonds. The maximum Gasteiger partial charge on any atom is 0.354 e. The number of carbonyl (C=O) groups is 1. The number of rotatable bonds is 2. The smallest absolute Gasteiger partial charge is 0.354 e. The van der Waals surface area contributed by atoms with Gasteiger partial charge in [-0.05, 0) is 28.1 Å². The van der Waals surface area contributed by atoms with Crippen molar-refractivity contribution in [2.24, 2.45) is 0 Å². The lowest BCUT2D eigenvalue weighted by Gasteiger charge is -2.01. The minimum atomic E-state index is -1.06. The molecule has 0 unspecified atom stereocenters. The predicted octanol–water partition coefficient (Wildman–Crippen LogP) is 2.58. The maximum atomic E-state index is 10.4. The van der Waals surface area contributed by atoms with Crippen molar-refractivity contribution in [2.75, 3.05) is 7.11 Å². The van der Waals surface area contributed by atoms with Gasteiger partial charge in [-0.15, -0.1) is 0 Å². The summed E-state index contributed by atoms with van der Waals surface area (Å²) in [5.41, 5.74) is -0.0114. The zero-order chi connectivity index (χ0) is 11.1. The third kappa shape index (κ3) is 3.33. The van der Waals surface area contributed by atoms with Gasteiger partial charge >= 0.3 is 5.97 Å². The Hall–Kier alpha value is -1.10. The van der Waals surface area contributed by atoms with Gasteiger partial charge in [0.25, 0.3) is 0 Å². The molecule has 14 heavy (non-hydrogen) atoms. The normalized spacial score (nSPS) is 8.57.